The van der Waals surface area contributed by atoms with Gasteiger partial charge < -0.3 is 10.2 Å². The Kier molecular flexibility index (Phi) is 4.62. The summed E-state index contributed by atoms with van der Waals surface area (Å²) in [6.07, 6.45) is 5.38. The van der Waals surface area contributed by atoms with Gasteiger partial charge in [0.25, 0.3) is 0 Å². The number of likely N-dealkylation sites (tertiary alicyclic amines) is 1. The Labute approximate surface area is 100 Å². The van der Waals surface area contributed by atoms with Gasteiger partial charge in [-0.2, -0.15) is 0 Å². The van der Waals surface area contributed by atoms with Crippen LogP contribution in [-0.2, 0) is 0 Å². The second kappa shape index (κ2) is 5.99. The SMILES string of the molecule is CCCN(C1CCN(C)CC1)C1CCNC1. The second-order valence-corrected chi connectivity index (χ2v) is 5.42. The summed E-state index contributed by atoms with van der Waals surface area (Å²) in [5.74, 6) is 0. The van der Waals surface area contributed by atoms with Crippen LogP contribution in [0.2, 0.25) is 0 Å². The fourth-order valence-electron chi connectivity index (χ4n) is 3.17. The van der Waals surface area contributed by atoms with Crippen LogP contribution in [-0.4, -0.2) is 61.7 Å². The first kappa shape index (κ1) is 12.3. The molecule has 0 radical (unpaired) electrons. The zero-order chi connectivity index (χ0) is 11.4. The summed E-state index contributed by atoms with van der Waals surface area (Å²) in [4.78, 5) is 5.26. The van der Waals surface area contributed by atoms with Crippen LogP contribution in [0.1, 0.15) is 32.6 Å². The van der Waals surface area contributed by atoms with E-state index in [4.69, 9.17) is 0 Å². The molecule has 2 fully saturated rings. The van der Waals surface area contributed by atoms with Crippen molar-refractivity contribution in [2.24, 2.45) is 0 Å². The van der Waals surface area contributed by atoms with Gasteiger partial charge in [-0.15, -0.1) is 0 Å². The molecule has 2 aliphatic rings. The highest BCUT2D eigenvalue weighted by atomic mass is 15.2. The summed E-state index contributed by atoms with van der Waals surface area (Å²) < 4.78 is 0. The quantitative estimate of drug-likeness (QED) is 0.774. The molecule has 0 aromatic rings. The highest BCUT2D eigenvalue weighted by Gasteiger charge is 2.29. The van der Waals surface area contributed by atoms with Gasteiger partial charge in [-0.1, -0.05) is 6.92 Å². The molecule has 1 N–H and O–H groups in total. The van der Waals surface area contributed by atoms with E-state index in [1.54, 1.807) is 0 Å². The molecule has 0 amide bonds. The highest BCUT2D eigenvalue weighted by molar-refractivity contribution is 4.87. The zero-order valence-corrected chi connectivity index (χ0v) is 10.9. The molecule has 0 aromatic heterocycles. The molecule has 2 heterocycles. The highest BCUT2D eigenvalue weighted by Crippen LogP contribution is 2.21. The number of nitrogens with zero attached hydrogens (tertiary/aromatic N) is 2. The van der Waals surface area contributed by atoms with Crippen molar-refractivity contribution in [1.82, 2.24) is 15.1 Å². The van der Waals surface area contributed by atoms with E-state index in [0.29, 0.717) is 0 Å². The first-order valence-corrected chi connectivity index (χ1v) is 6.96. The number of hydrogen-bond donors (Lipinski definition) is 1. The smallest absolute Gasteiger partial charge is 0.0235 e. The molecule has 0 aromatic carbocycles. The van der Waals surface area contributed by atoms with E-state index in [9.17, 15) is 0 Å². The second-order valence-electron chi connectivity index (χ2n) is 5.42. The standard InChI is InChI=1S/C13H27N3/c1-3-8-16(13-4-7-14-11-13)12-5-9-15(2)10-6-12/h12-14H,3-11H2,1-2H3. The molecule has 3 heteroatoms. The third kappa shape index (κ3) is 2.96. The van der Waals surface area contributed by atoms with Crippen LogP contribution in [0.15, 0.2) is 0 Å². The lowest BCUT2D eigenvalue weighted by molar-refractivity contribution is 0.0878. The summed E-state index contributed by atoms with van der Waals surface area (Å²) >= 11 is 0. The van der Waals surface area contributed by atoms with Gasteiger partial charge in [0.15, 0.2) is 0 Å². The van der Waals surface area contributed by atoms with Crippen LogP contribution in [0.3, 0.4) is 0 Å². The van der Waals surface area contributed by atoms with Crippen LogP contribution in [0.25, 0.3) is 0 Å². The maximum Gasteiger partial charge on any atom is 0.0235 e. The van der Waals surface area contributed by atoms with Crippen molar-refractivity contribution < 1.29 is 0 Å². The maximum atomic E-state index is 3.51. The molecule has 94 valence electrons. The lowest BCUT2D eigenvalue weighted by atomic mass is 10.0. The molecule has 1 unspecified atom stereocenters. The van der Waals surface area contributed by atoms with Gasteiger partial charge in [-0.3, -0.25) is 4.90 Å². The van der Waals surface area contributed by atoms with Crippen LogP contribution in [0, 0.1) is 0 Å². The molecule has 16 heavy (non-hydrogen) atoms. The van der Waals surface area contributed by atoms with Crippen LogP contribution in [0.5, 0.6) is 0 Å². The van der Waals surface area contributed by atoms with E-state index < -0.39 is 0 Å². The first-order valence-electron chi connectivity index (χ1n) is 6.96. The summed E-state index contributed by atoms with van der Waals surface area (Å²) in [6.45, 7) is 8.60. The van der Waals surface area contributed by atoms with Gasteiger partial charge in [0.2, 0.25) is 0 Å². The molecule has 0 aliphatic carbocycles. The predicted octanol–water partition coefficient (Wildman–Crippen LogP) is 1.15. The Morgan fingerprint density at radius 2 is 1.94 bits per heavy atom. The van der Waals surface area contributed by atoms with E-state index >= 15 is 0 Å². The number of nitrogens with one attached hydrogen (secondary N) is 1. The van der Waals surface area contributed by atoms with E-state index in [0.717, 1.165) is 12.1 Å². The molecule has 3 nitrogen and oxygen atoms in total. The molecule has 1 atom stereocenters. The Morgan fingerprint density at radius 3 is 2.50 bits per heavy atom. The third-order valence-electron chi connectivity index (χ3n) is 4.14. The van der Waals surface area contributed by atoms with Crippen molar-refractivity contribution >= 4 is 0 Å². The van der Waals surface area contributed by atoms with Gasteiger partial charge in [-0.05, 0) is 58.9 Å². The van der Waals surface area contributed by atoms with Gasteiger partial charge in [0.1, 0.15) is 0 Å². The van der Waals surface area contributed by atoms with Crippen molar-refractivity contribution in [3.8, 4) is 0 Å². The summed E-state index contributed by atoms with van der Waals surface area (Å²) in [7, 11) is 2.25. The van der Waals surface area contributed by atoms with Crippen molar-refractivity contribution in [2.75, 3.05) is 39.8 Å². The molecule has 2 aliphatic heterocycles. The predicted molar refractivity (Wildman–Crippen MR) is 68.8 cm³/mol. The minimum Gasteiger partial charge on any atom is -0.315 e. The van der Waals surface area contributed by atoms with Crippen LogP contribution in [0.4, 0.5) is 0 Å². The van der Waals surface area contributed by atoms with Crippen LogP contribution < -0.4 is 5.32 Å². The third-order valence-corrected chi connectivity index (χ3v) is 4.14. The first-order chi connectivity index (χ1) is 7.81. The minimum absolute atomic E-state index is 0.813. The molecular weight excluding hydrogens is 198 g/mol. The van der Waals surface area contributed by atoms with Gasteiger partial charge >= 0.3 is 0 Å². The fourth-order valence-corrected chi connectivity index (χ4v) is 3.17. The topological polar surface area (TPSA) is 18.5 Å². The molecule has 0 saturated carbocycles. The molecule has 0 bridgehead atoms. The van der Waals surface area contributed by atoms with Crippen molar-refractivity contribution in [3.63, 3.8) is 0 Å². The Bertz CT molecular complexity index is 193. The average Bonchev–Trinajstić information content (AvgIpc) is 2.81. The van der Waals surface area contributed by atoms with Crippen molar-refractivity contribution in [1.29, 1.82) is 0 Å². The minimum atomic E-state index is 0.813. The lowest BCUT2D eigenvalue weighted by Crippen LogP contribution is -2.49. The van der Waals surface area contributed by atoms with Gasteiger partial charge in [0, 0.05) is 18.6 Å². The summed E-state index contributed by atoms with van der Waals surface area (Å²) in [5, 5.41) is 3.51. The van der Waals surface area contributed by atoms with E-state index in [-0.39, 0.29) is 0 Å². The average molecular weight is 225 g/mol. The monoisotopic (exact) mass is 225 g/mol. The number of piperidine rings is 1. The van der Waals surface area contributed by atoms with E-state index in [1.807, 2.05) is 0 Å². The Hall–Kier alpha value is -0.120. The normalized spacial score (nSPS) is 29.1. The molecular formula is C13H27N3. The largest absolute Gasteiger partial charge is 0.315 e. The van der Waals surface area contributed by atoms with E-state index in [1.165, 1.54) is 58.4 Å². The molecule has 0 spiro atoms. The number of rotatable bonds is 4. The van der Waals surface area contributed by atoms with Gasteiger partial charge in [-0.25, -0.2) is 0 Å². The molecule has 2 saturated heterocycles. The molecule has 2 rings (SSSR count). The number of hydrogen-bond acceptors (Lipinski definition) is 3. The van der Waals surface area contributed by atoms with Gasteiger partial charge in [0.05, 0.1) is 0 Å². The Morgan fingerprint density at radius 1 is 1.19 bits per heavy atom. The zero-order valence-electron chi connectivity index (χ0n) is 10.9. The Balaban J connectivity index is 1.90. The van der Waals surface area contributed by atoms with E-state index in [2.05, 4.69) is 29.1 Å². The van der Waals surface area contributed by atoms with Crippen LogP contribution >= 0.6 is 0 Å². The maximum absolute atomic E-state index is 3.51. The summed E-state index contributed by atoms with van der Waals surface area (Å²) in [6, 6.07) is 1.66. The van der Waals surface area contributed by atoms with Crippen molar-refractivity contribution in [3.05, 3.63) is 0 Å². The summed E-state index contributed by atoms with van der Waals surface area (Å²) in [5.41, 5.74) is 0. The van der Waals surface area contributed by atoms with Crippen molar-refractivity contribution in [2.45, 2.75) is 44.7 Å². The lowest BCUT2D eigenvalue weighted by Gasteiger charge is -2.40. The fraction of sp³-hybridized carbons (Fsp3) is 1.00.